The molecule has 202 valence electrons. The molecule has 2 aromatic heterocycles. The Kier molecular flexibility index (Phi) is 7.89. The Morgan fingerprint density at radius 3 is 2.63 bits per heavy atom. The quantitative estimate of drug-likeness (QED) is 0.158. The molecule has 2 unspecified atom stereocenters. The average Bonchev–Trinajstić information content (AvgIpc) is 3.36. The van der Waals surface area contributed by atoms with Crippen molar-refractivity contribution < 1.29 is 39.1 Å². The number of aliphatic hydroxyl groups is 1. The number of thioether (sulfide) groups is 1. The molecule has 1 amide bonds. The summed E-state index contributed by atoms with van der Waals surface area (Å²) < 4.78 is 1.82. The van der Waals surface area contributed by atoms with Crippen LogP contribution in [0.15, 0.2) is 52.4 Å². The number of carbonyl (C=O) groups is 3. The van der Waals surface area contributed by atoms with Gasteiger partial charge in [0.05, 0.1) is 11.7 Å². The van der Waals surface area contributed by atoms with Gasteiger partial charge in [-0.05, 0) is 13.8 Å². The number of aliphatic carboxylic acids is 2. The van der Waals surface area contributed by atoms with Gasteiger partial charge in [0.15, 0.2) is 36.0 Å². The number of aliphatic hydroxyl groups excluding tert-OH is 1. The summed E-state index contributed by atoms with van der Waals surface area (Å²) in [4.78, 5) is 47.5. The third kappa shape index (κ3) is 5.44. The maximum Gasteiger partial charge on any atom is 0.350 e. The van der Waals surface area contributed by atoms with Crippen molar-refractivity contribution in [2.24, 2.45) is 5.16 Å². The van der Waals surface area contributed by atoms with Gasteiger partial charge in [0.2, 0.25) is 5.60 Å². The lowest BCUT2D eigenvalue weighted by Gasteiger charge is -2.56. The second-order valence-electron chi connectivity index (χ2n) is 8.94. The first-order chi connectivity index (χ1) is 18.0. The van der Waals surface area contributed by atoms with Crippen LogP contribution in [0.25, 0.3) is 0 Å². The van der Waals surface area contributed by atoms with Crippen molar-refractivity contribution in [3.63, 3.8) is 0 Å². The fourth-order valence-corrected chi connectivity index (χ4v) is 5.88. The molecule has 3 atom stereocenters. The summed E-state index contributed by atoms with van der Waals surface area (Å²) in [5.74, 6) is -3.13. The highest BCUT2D eigenvalue weighted by atomic mass is 32.2. The van der Waals surface area contributed by atoms with Crippen LogP contribution in [-0.4, -0.2) is 79.7 Å². The van der Waals surface area contributed by atoms with Gasteiger partial charge >= 0.3 is 5.97 Å². The first-order valence-corrected chi connectivity index (χ1v) is 13.4. The first kappa shape index (κ1) is 27.3. The summed E-state index contributed by atoms with van der Waals surface area (Å²) in [6, 6.07) is 4.64. The number of nitrogens with zero attached hydrogens (tertiary/aromatic N) is 4. The Labute approximate surface area is 225 Å². The van der Waals surface area contributed by atoms with E-state index in [1.165, 1.54) is 41.8 Å². The monoisotopic (exact) mass is 562 g/mol. The van der Waals surface area contributed by atoms with E-state index in [2.05, 4.69) is 20.8 Å². The van der Waals surface area contributed by atoms with Crippen molar-refractivity contribution in [3.8, 4) is 0 Å². The number of aromatic nitrogens is 2. The van der Waals surface area contributed by atoms with Crippen LogP contribution in [-0.2, 0) is 25.8 Å². The van der Waals surface area contributed by atoms with Crippen molar-refractivity contribution in [3.05, 3.63) is 52.9 Å². The number of hydrogen-bond donors (Lipinski definition) is 4. The van der Waals surface area contributed by atoms with Gasteiger partial charge in [-0.25, -0.2) is 14.3 Å². The Balaban J connectivity index is 1.55. The highest BCUT2D eigenvalue weighted by molar-refractivity contribution is 8.00. The Bertz CT molecular complexity index is 1300. The number of carboxylic acids is 2. The SMILES string of the molecule is CNc1nc(/C(=N/OC(C)(C)C(=O)O)C(=O)N[C@@H]2C(O)N3C(C(=O)[O-])=C(C[n+]4ccccc4)CSC23)cs1. The van der Waals surface area contributed by atoms with Crippen molar-refractivity contribution in [1.29, 1.82) is 0 Å². The summed E-state index contributed by atoms with van der Waals surface area (Å²) >= 11 is 2.57. The van der Waals surface area contributed by atoms with E-state index in [-0.39, 0.29) is 17.1 Å². The minimum absolute atomic E-state index is 0.110. The van der Waals surface area contributed by atoms with E-state index >= 15 is 0 Å². The molecule has 4 heterocycles. The van der Waals surface area contributed by atoms with E-state index in [1.54, 1.807) is 24.8 Å². The number of carbonyl (C=O) groups excluding carboxylic acids is 2. The van der Waals surface area contributed by atoms with Gasteiger partial charge in [-0.1, -0.05) is 11.2 Å². The van der Waals surface area contributed by atoms with Gasteiger partial charge in [-0.3, -0.25) is 4.79 Å². The van der Waals surface area contributed by atoms with Crippen LogP contribution in [0.5, 0.6) is 0 Å². The number of fused-ring (bicyclic) bond motifs is 1. The van der Waals surface area contributed by atoms with Gasteiger partial charge in [0, 0.05) is 35.9 Å². The summed E-state index contributed by atoms with van der Waals surface area (Å²) in [6.45, 7) is 2.86. The summed E-state index contributed by atoms with van der Waals surface area (Å²) in [7, 11) is 1.65. The topological polar surface area (TPSA) is 180 Å². The molecule has 0 spiro atoms. The molecule has 13 nitrogen and oxygen atoms in total. The zero-order chi connectivity index (χ0) is 27.6. The van der Waals surface area contributed by atoms with E-state index in [4.69, 9.17) is 4.84 Å². The van der Waals surface area contributed by atoms with Crippen LogP contribution in [0.4, 0.5) is 5.13 Å². The first-order valence-electron chi connectivity index (χ1n) is 11.4. The molecule has 1 saturated heterocycles. The molecule has 4 N–H and O–H groups in total. The highest BCUT2D eigenvalue weighted by Gasteiger charge is 2.53. The predicted octanol–water partition coefficient (Wildman–Crippen LogP) is -1.05. The molecule has 0 radical (unpaired) electrons. The van der Waals surface area contributed by atoms with Crippen molar-refractivity contribution in [1.82, 2.24) is 15.2 Å². The molecule has 1 fully saturated rings. The van der Waals surface area contributed by atoms with E-state index in [0.717, 1.165) is 0 Å². The lowest BCUT2D eigenvalue weighted by molar-refractivity contribution is -0.689. The number of nitrogens with one attached hydrogen (secondary N) is 2. The Morgan fingerprint density at radius 2 is 2.03 bits per heavy atom. The van der Waals surface area contributed by atoms with Gasteiger partial charge in [-0.2, -0.15) is 0 Å². The smallest absolute Gasteiger partial charge is 0.350 e. The molecule has 0 aromatic carbocycles. The van der Waals surface area contributed by atoms with Gasteiger partial charge in [-0.15, -0.1) is 23.1 Å². The molecule has 0 saturated carbocycles. The fourth-order valence-electron chi connectivity index (χ4n) is 3.82. The molecule has 4 rings (SSSR count). The predicted molar refractivity (Wildman–Crippen MR) is 136 cm³/mol. The fraction of sp³-hybridized carbons (Fsp3) is 0.391. The normalized spacial score (nSPS) is 21.3. The standard InChI is InChI=1S/C23H26N6O7S2/c1-23(2,21(34)35)36-27-14(13-11-38-22(24-3)25-13)17(30)26-15-18(31)29-16(20(32)33)12(10-37-19(15)29)9-28-7-5-4-6-8-28/h4-8,11,15,18-19,31H,9-10H2,1-3H3,(H3-,24,25,26,30,32,33,34,35)/b27-14-/t15-,18?,19?/m1/s1. The van der Waals surface area contributed by atoms with Crippen LogP contribution in [0.2, 0.25) is 0 Å². The number of anilines is 1. The maximum atomic E-state index is 13.3. The minimum Gasteiger partial charge on any atom is -0.543 e. The third-order valence-electron chi connectivity index (χ3n) is 5.91. The summed E-state index contributed by atoms with van der Waals surface area (Å²) in [6.07, 6.45) is 2.26. The minimum atomic E-state index is -1.72. The van der Waals surface area contributed by atoms with E-state index in [1.807, 2.05) is 22.8 Å². The molecular formula is C23H26N6O7S2. The lowest BCUT2D eigenvalue weighted by Crippen LogP contribution is -2.74. The number of rotatable bonds is 10. The average molecular weight is 563 g/mol. The van der Waals surface area contributed by atoms with Crippen molar-refractivity contribution >= 4 is 51.8 Å². The number of thiazole rings is 1. The van der Waals surface area contributed by atoms with E-state index < -0.39 is 41.1 Å². The van der Waals surface area contributed by atoms with Crippen molar-refractivity contribution in [2.75, 3.05) is 18.1 Å². The second kappa shape index (κ2) is 11.0. The number of pyridine rings is 1. The van der Waals surface area contributed by atoms with Crippen LogP contribution in [0.1, 0.15) is 19.5 Å². The van der Waals surface area contributed by atoms with Crippen LogP contribution in [0, 0.1) is 0 Å². The zero-order valence-electron chi connectivity index (χ0n) is 20.7. The second-order valence-corrected chi connectivity index (χ2v) is 10.9. The molecule has 2 aliphatic heterocycles. The van der Waals surface area contributed by atoms with Crippen LogP contribution < -0.4 is 20.3 Å². The molecule has 38 heavy (non-hydrogen) atoms. The van der Waals surface area contributed by atoms with Crippen LogP contribution >= 0.6 is 23.1 Å². The largest absolute Gasteiger partial charge is 0.543 e. The zero-order valence-corrected chi connectivity index (χ0v) is 22.3. The third-order valence-corrected chi connectivity index (χ3v) is 8.14. The molecule has 15 heteroatoms. The molecule has 2 aliphatic rings. The summed E-state index contributed by atoms with van der Waals surface area (Å²) in [5, 5.41) is 43.0. The van der Waals surface area contributed by atoms with Gasteiger partial charge in [0.25, 0.3) is 5.91 Å². The Morgan fingerprint density at radius 1 is 1.32 bits per heavy atom. The highest BCUT2D eigenvalue weighted by Crippen LogP contribution is 2.42. The van der Waals surface area contributed by atoms with Crippen LogP contribution in [0.3, 0.4) is 0 Å². The molecular weight excluding hydrogens is 536 g/mol. The lowest BCUT2D eigenvalue weighted by atomic mass is 10.0. The van der Waals surface area contributed by atoms with Gasteiger partial charge < -0.3 is 40.5 Å². The van der Waals surface area contributed by atoms with Crippen molar-refractivity contribution in [2.45, 2.75) is 43.6 Å². The number of hydrogen-bond acceptors (Lipinski definition) is 12. The van der Waals surface area contributed by atoms with E-state index in [9.17, 15) is 29.7 Å². The summed E-state index contributed by atoms with van der Waals surface area (Å²) in [5.41, 5.74) is -1.42. The van der Waals surface area contributed by atoms with E-state index in [0.29, 0.717) is 23.0 Å². The van der Waals surface area contributed by atoms with Gasteiger partial charge in [0.1, 0.15) is 17.1 Å². The molecule has 2 aromatic rings. The maximum absolute atomic E-state index is 13.3. The number of amides is 1. The molecule has 0 aliphatic carbocycles. The number of carboxylic acid groups (broad SMARTS) is 2. The number of oxime groups is 1. The molecule has 0 bridgehead atoms. The Hall–Kier alpha value is -3.69.